The van der Waals surface area contributed by atoms with E-state index < -0.39 is 0 Å². The Balaban J connectivity index is 2.16. The highest BCUT2D eigenvalue weighted by Gasteiger charge is 2.12. The maximum absolute atomic E-state index is 9.40. The summed E-state index contributed by atoms with van der Waals surface area (Å²) in [6.07, 6.45) is 3.54. The van der Waals surface area contributed by atoms with Crippen LogP contribution >= 0.6 is 0 Å². The number of aryl methyl sites for hydroxylation is 1. The molecule has 0 aliphatic rings. The van der Waals surface area contributed by atoms with Crippen LogP contribution in [0.4, 0.5) is 0 Å². The average molecular weight is 260 g/mol. The van der Waals surface area contributed by atoms with Crippen LogP contribution in [0.2, 0.25) is 0 Å². The van der Waals surface area contributed by atoms with E-state index in [9.17, 15) is 5.26 Å². The highest BCUT2D eigenvalue weighted by Crippen LogP contribution is 2.20. The van der Waals surface area contributed by atoms with Crippen molar-refractivity contribution < 1.29 is 0 Å². The van der Waals surface area contributed by atoms with Crippen molar-refractivity contribution in [3.05, 3.63) is 60.0 Å². The number of rotatable bonds is 2. The lowest BCUT2D eigenvalue weighted by molar-refractivity contribution is 0.925. The van der Waals surface area contributed by atoms with Crippen LogP contribution in [0.1, 0.15) is 11.4 Å². The number of nitriles is 1. The van der Waals surface area contributed by atoms with E-state index in [1.54, 1.807) is 6.20 Å². The number of hydrogen-bond donors (Lipinski definition) is 0. The van der Waals surface area contributed by atoms with Gasteiger partial charge in [-0.2, -0.15) is 5.26 Å². The summed E-state index contributed by atoms with van der Waals surface area (Å²) in [7, 11) is 1.89. The normalized spacial score (nSPS) is 11.5. The van der Waals surface area contributed by atoms with E-state index in [2.05, 4.69) is 16.0 Å². The average Bonchev–Trinajstić information content (AvgIpc) is 2.83. The van der Waals surface area contributed by atoms with Gasteiger partial charge in [-0.25, -0.2) is 9.97 Å². The molecular weight excluding hydrogens is 248 g/mol. The first kappa shape index (κ1) is 12.1. The summed E-state index contributed by atoms with van der Waals surface area (Å²) in [5, 5.41) is 9.40. The first-order chi connectivity index (χ1) is 9.79. The minimum Gasteiger partial charge on any atom is -0.325 e. The molecule has 0 aliphatic carbocycles. The molecule has 0 atom stereocenters. The predicted octanol–water partition coefficient (Wildman–Crippen LogP) is 3.03. The van der Waals surface area contributed by atoms with E-state index in [1.165, 1.54) is 0 Å². The van der Waals surface area contributed by atoms with Gasteiger partial charge in [-0.05, 0) is 23.8 Å². The summed E-state index contributed by atoms with van der Waals surface area (Å²) < 4.78 is 1.89. The number of allylic oxidation sites excluding steroid dienone is 1. The zero-order valence-corrected chi connectivity index (χ0v) is 11.0. The van der Waals surface area contributed by atoms with E-state index in [0.29, 0.717) is 17.0 Å². The van der Waals surface area contributed by atoms with Gasteiger partial charge in [0.1, 0.15) is 6.07 Å². The molecule has 0 bridgehead atoms. The van der Waals surface area contributed by atoms with Crippen molar-refractivity contribution in [2.24, 2.45) is 7.05 Å². The Morgan fingerprint density at radius 1 is 1.20 bits per heavy atom. The molecule has 1 aromatic carbocycles. The van der Waals surface area contributed by atoms with Gasteiger partial charge in [0, 0.05) is 13.2 Å². The van der Waals surface area contributed by atoms with Crippen molar-refractivity contribution in [3.63, 3.8) is 0 Å². The van der Waals surface area contributed by atoms with Crippen LogP contribution in [0, 0.1) is 11.3 Å². The number of benzene rings is 1. The lowest BCUT2D eigenvalue weighted by Crippen LogP contribution is -1.95. The van der Waals surface area contributed by atoms with Gasteiger partial charge in [-0.3, -0.25) is 0 Å². The maximum Gasteiger partial charge on any atom is 0.178 e. The van der Waals surface area contributed by atoms with Gasteiger partial charge in [-0.15, -0.1) is 0 Å². The lowest BCUT2D eigenvalue weighted by atomic mass is 10.1. The van der Waals surface area contributed by atoms with Gasteiger partial charge >= 0.3 is 0 Å². The molecule has 0 saturated carbocycles. The highest BCUT2D eigenvalue weighted by atomic mass is 15.1. The van der Waals surface area contributed by atoms with Crippen LogP contribution < -0.4 is 0 Å². The third-order valence-electron chi connectivity index (χ3n) is 3.13. The van der Waals surface area contributed by atoms with Crippen LogP contribution in [0.3, 0.4) is 0 Å². The molecule has 96 valence electrons. The number of nitrogens with zero attached hydrogens (tertiary/aromatic N) is 4. The Labute approximate surface area is 116 Å². The van der Waals surface area contributed by atoms with Crippen LogP contribution in [0.5, 0.6) is 0 Å². The Bertz CT molecular complexity index is 823. The third kappa shape index (κ3) is 2.06. The minimum absolute atomic E-state index is 0.525. The minimum atomic E-state index is 0.525. The van der Waals surface area contributed by atoms with E-state index >= 15 is 0 Å². The fourth-order valence-corrected chi connectivity index (χ4v) is 2.13. The molecule has 20 heavy (non-hydrogen) atoms. The Hall–Kier alpha value is -2.93. The van der Waals surface area contributed by atoms with Crippen LogP contribution in [0.15, 0.2) is 48.7 Å². The molecule has 0 unspecified atom stereocenters. The largest absolute Gasteiger partial charge is 0.325 e. The maximum atomic E-state index is 9.40. The van der Waals surface area contributed by atoms with E-state index in [4.69, 9.17) is 0 Å². The fourth-order valence-electron chi connectivity index (χ4n) is 2.13. The Kier molecular flexibility index (Phi) is 3.02. The fraction of sp³-hybridized carbons (Fsp3) is 0.0625. The van der Waals surface area contributed by atoms with Crippen molar-refractivity contribution in [2.75, 3.05) is 0 Å². The topological polar surface area (TPSA) is 54.5 Å². The predicted molar refractivity (Wildman–Crippen MR) is 78.4 cm³/mol. The van der Waals surface area contributed by atoms with Gasteiger partial charge in [0.2, 0.25) is 0 Å². The summed E-state index contributed by atoms with van der Waals surface area (Å²) in [6.45, 7) is 0. The summed E-state index contributed by atoms with van der Waals surface area (Å²) in [5.41, 5.74) is 3.07. The summed E-state index contributed by atoms with van der Waals surface area (Å²) in [6, 6.07) is 15.8. The summed E-state index contributed by atoms with van der Waals surface area (Å²) in [4.78, 5) is 8.66. The smallest absolute Gasteiger partial charge is 0.178 e. The molecule has 4 heteroatoms. The van der Waals surface area contributed by atoms with Crippen molar-refractivity contribution in [3.8, 4) is 6.07 Å². The Morgan fingerprint density at radius 2 is 2.00 bits per heavy atom. The highest BCUT2D eigenvalue weighted by molar-refractivity contribution is 5.90. The number of fused-ring (bicyclic) bond motifs is 1. The van der Waals surface area contributed by atoms with Gasteiger partial charge in [0.15, 0.2) is 11.5 Å². The van der Waals surface area contributed by atoms with Crippen LogP contribution in [0.25, 0.3) is 22.8 Å². The number of imidazole rings is 1. The molecule has 2 heterocycles. The van der Waals surface area contributed by atoms with Crippen LogP contribution in [-0.4, -0.2) is 14.5 Å². The second-order valence-corrected chi connectivity index (χ2v) is 4.42. The zero-order valence-electron chi connectivity index (χ0n) is 11.0. The number of pyridine rings is 1. The van der Waals surface area contributed by atoms with E-state index in [0.717, 1.165) is 11.1 Å². The first-order valence-corrected chi connectivity index (χ1v) is 6.24. The standard InChI is InChI=1S/C16H12N4/c1-20-14-8-5-9-18-15(14)19-16(20)13(11-17)10-12-6-3-2-4-7-12/h2-10H,1H3/b13-10-. The molecule has 3 aromatic rings. The molecule has 0 saturated heterocycles. The molecule has 2 aromatic heterocycles. The molecule has 4 nitrogen and oxygen atoms in total. The second-order valence-electron chi connectivity index (χ2n) is 4.42. The van der Waals surface area contributed by atoms with Crippen molar-refractivity contribution in [1.82, 2.24) is 14.5 Å². The molecule has 0 N–H and O–H groups in total. The lowest BCUT2D eigenvalue weighted by Gasteiger charge is -2.00. The third-order valence-corrected chi connectivity index (χ3v) is 3.13. The van der Waals surface area contributed by atoms with E-state index in [1.807, 2.05) is 60.2 Å². The molecule has 0 fully saturated rings. The number of hydrogen-bond acceptors (Lipinski definition) is 3. The molecular formula is C16H12N4. The van der Waals surface area contributed by atoms with Crippen molar-refractivity contribution in [2.45, 2.75) is 0 Å². The summed E-state index contributed by atoms with van der Waals surface area (Å²) >= 11 is 0. The molecule has 0 radical (unpaired) electrons. The van der Waals surface area contributed by atoms with Gasteiger partial charge < -0.3 is 4.57 Å². The molecule has 0 amide bonds. The van der Waals surface area contributed by atoms with Crippen LogP contribution in [-0.2, 0) is 7.05 Å². The van der Waals surface area contributed by atoms with Gasteiger partial charge in [0.25, 0.3) is 0 Å². The molecule has 0 aliphatic heterocycles. The van der Waals surface area contributed by atoms with Gasteiger partial charge in [-0.1, -0.05) is 30.3 Å². The van der Waals surface area contributed by atoms with E-state index in [-0.39, 0.29) is 0 Å². The van der Waals surface area contributed by atoms with Gasteiger partial charge in [0.05, 0.1) is 11.1 Å². The monoisotopic (exact) mass is 260 g/mol. The quantitative estimate of drug-likeness (QED) is 0.665. The second kappa shape index (κ2) is 4.98. The molecule has 3 rings (SSSR count). The first-order valence-electron chi connectivity index (χ1n) is 6.24. The SMILES string of the molecule is Cn1c(/C(C#N)=C\c2ccccc2)nc2ncccc21. The zero-order chi connectivity index (χ0) is 13.9. The summed E-state index contributed by atoms with van der Waals surface area (Å²) in [5.74, 6) is 0.630. The Morgan fingerprint density at radius 3 is 2.70 bits per heavy atom. The number of aromatic nitrogens is 3. The van der Waals surface area contributed by atoms with Crippen molar-refractivity contribution >= 4 is 22.8 Å². The van der Waals surface area contributed by atoms with Crippen molar-refractivity contribution in [1.29, 1.82) is 5.26 Å². The molecule has 0 spiro atoms.